The summed E-state index contributed by atoms with van der Waals surface area (Å²) >= 11 is 0. The molecule has 1 atom stereocenters. The molecule has 0 aliphatic carbocycles. The van der Waals surface area contributed by atoms with E-state index >= 15 is 0 Å². The lowest BCUT2D eigenvalue weighted by atomic mass is 10.0. The highest BCUT2D eigenvalue weighted by Gasteiger charge is 2.17. The molecule has 1 unspecified atom stereocenters. The number of aromatic nitrogens is 2. The Morgan fingerprint density at radius 1 is 1.33 bits per heavy atom. The lowest BCUT2D eigenvalue weighted by Gasteiger charge is -2.18. The fourth-order valence-corrected chi connectivity index (χ4v) is 2.44. The molecular weight excluding hydrogens is 184 g/mol. The van der Waals surface area contributed by atoms with Crippen LogP contribution in [-0.4, -0.2) is 9.55 Å². The molecule has 1 aromatic carbocycles. The van der Waals surface area contributed by atoms with E-state index in [4.69, 9.17) is 0 Å². The van der Waals surface area contributed by atoms with Gasteiger partial charge in [0.05, 0.1) is 11.0 Å². The fraction of sp³-hybridized carbons (Fsp3) is 0.308. The molecular formula is C13H14N2. The number of rotatable bonds is 0. The van der Waals surface area contributed by atoms with E-state index in [1.807, 2.05) is 6.07 Å². The Balaban J connectivity index is 2.35. The molecule has 2 heteroatoms. The minimum absolute atomic E-state index is 0.606. The summed E-state index contributed by atoms with van der Waals surface area (Å²) in [6.07, 6.45) is 3.37. The summed E-state index contributed by atoms with van der Waals surface area (Å²) in [5, 5.41) is 0. The third kappa shape index (κ3) is 1.21. The van der Waals surface area contributed by atoms with Crippen molar-refractivity contribution in [2.24, 2.45) is 5.92 Å². The van der Waals surface area contributed by atoms with Crippen molar-refractivity contribution >= 4 is 16.7 Å². The zero-order valence-corrected chi connectivity index (χ0v) is 9.07. The van der Waals surface area contributed by atoms with Gasteiger partial charge in [0.15, 0.2) is 0 Å². The fourth-order valence-electron chi connectivity index (χ4n) is 2.44. The van der Waals surface area contributed by atoms with Gasteiger partial charge in [0.2, 0.25) is 0 Å². The number of imidazole rings is 1. The SMILES string of the molecule is CC1=CC(C)Cc2nc3ccccc3n21. The lowest BCUT2D eigenvalue weighted by molar-refractivity contribution is 0.656. The monoisotopic (exact) mass is 198 g/mol. The maximum Gasteiger partial charge on any atom is 0.114 e. The highest BCUT2D eigenvalue weighted by atomic mass is 15.1. The number of fused-ring (bicyclic) bond motifs is 3. The molecule has 76 valence electrons. The van der Waals surface area contributed by atoms with Gasteiger partial charge in [-0.25, -0.2) is 4.98 Å². The van der Waals surface area contributed by atoms with Crippen molar-refractivity contribution in [1.29, 1.82) is 0 Å². The van der Waals surface area contributed by atoms with Gasteiger partial charge in [-0.05, 0) is 25.0 Å². The van der Waals surface area contributed by atoms with E-state index in [9.17, 15) is 0 Å². The summed E-state index contributed by atoms with van der Waals surface area (Å²) in [6, 6.07) is 8.34. The second-order valence-electron chi connectivity index (χ2n) is 4.34. The van der Waals surface area contributed by atoms with Crippen molar-refractivity contribution in [2.75, 3.05) is 0 Å². The molecule has 2 nitrogen and oxygen atoms in total. The molecule has 0 spiro atoms. The summed E-state index contributed by atoms with van der Waals surface area (Å²) < 4.78 is 2.27. The van der Waals surface area contributed by atoms with E-state index in [1.54, 1.807) is 0 Å². The maximum absolute atomic E-state index is 4.68. The molecule has 1 aromatic heterocycles. The number of allylic oxidation sites excluding steroid dienone is 2. The minimum Gasteiger partial charge on any atom is -0.301 e. The summed E-state index contributed by atoms with van der Waals surface area (Å²) in [6.45, 7) is 4.40. The van der Waals surface area contributed by atoms with Crippen molar-refractivity contribution in [3.63, 3.8) is 0 Å². The van der Waals surface area contributed by atoms with Crippen molar-refractivity contribution in [2.45, 2.75) is 20.3 Å². The zero-order chi connectivity index (χ0) is 10.4. The van der Waals surface area contributed by atoms with Gasteiger partial charge >= 0.3 is 0 Å². The van der Waals surface area contributed by atoms with Crippen LogP contribution in [0.2, 0.25) is 0 Å². The van der Waals surface area contributed by atoms with Crippen molar-refractivity contribution in [3.8, 4) is 0 Å². The topological polar surface area (TPSA) is 17.8 Å². The number of para-hydroxylation sites is 2. The van der Waals surface area contributed by atoms with E-state index < -0.39 is 0 Å². The predicted molar refractivity (Wildman–Crippen MR) is 62.5 cm³/mol. The Bertz CT molecular complexity index is 549. The molecule has 2 aromatic rings. The normalized spacial score (nSPS) is 20.1. The van der Waals surface area contributed by atoms with Crippen LogP contribution in [0.5, 0.6) is 0 Å². The van der Waals surface area contributed by atoms with Crippen LogP contribution in [0.1, 0.15) is 19.7 Å². The molecule has 1 aliphatic rings. The molecule has 0 N–H and O–H groups in total. The Labute approximate surface area is 89.2 Å². The first-order chi connectivity index (χ1) is 7.25. The maximum atomic E-state index is 4.68. The molecule has 15 heavy (non-hydrogen) atoms. The standard InChI is InChI=1S/C13H14N2/c1-9-7-10(2)15-12-6-4-3-5-11(12)14-13(15)8-9/h3-7,9H,8H2,1-2H3. The number of benzene rings is 1. The Kier molecular flexibility index (Phi) is 1.72. The largest absolute Gasteiger partial charge is 0.301 e. The first kappa shape index (κ1) is 8.72. The van der Waals surface area contributed by atoms with Gasteiger partial charge in [0.1, 0.15) is 5.82 Å². The van der Waals surface area contributed by atoms with Gasteiger partial charge in [-0.3, -0.25) is 0 Å². The number of hydrogen-bond donors (Lipinski definition) is 0. The smallest absolute Gasteiger partial charge is 0.114 e. The molecule has 0 saturated carbocycles. The molecule has 0 radical (unpaired) electrons. The highest BCUT2D eigenvalue weighted by Crippen LogP contribution is 2.27. The van der Waals surface area contributed by atoms with Gasteiger partial charge in [-0.2, -0.15) is 0 Å². The Morgan fingerprint density at radius 2 is 2.13 bits per heavy atom. The molecule has 1 aliphatic heterocycles. The van der Waals surface area contributed by atoms with Gasteiger partial charge in [0.25, 0.3) is 0 Å². The highest BCUT2D eigenvalue weighted by molar-refractivity contribution is 5.80. The van der Waals surface area contributed by atoms with Crippen LogP contribution < -0.4 is 0 Å². The van der Waals surface area contributed by atoms with Gasteiger partial charge < -0.3 is 4.57 Å². The van der Waals surface area contributed by atoms with E-state index in [1.165, 1.54) is 17.0 Å². The summed E-state index contributed by atoms with van der Waals surface area (Å²) in [5.41, 5.74) is 3.64. The summed E-state index contributed by atoms with van der Waals surface area (Å²) in [4.78, 5) is 4.68. The molecule has 0 saturated heterocycles. The van der Waals surface area contributed by atoms with E-state index in [0.29, 0.717) is 5.92 Å². The molecule has 0 amide bonds. The minimum atomic E-state index is 0.606. The van der Waals surface area contributed by atoms with Gasteiger partial charge in [-0.1, -0.05) is 25.1 Å². The van der Waals surface area contributed by atoms with Crippen LogP contribution in [-0.2, 0) is 6.42 Å². The first-order valence-corrected chi connectivity index (χ1v) is 5.41. The third-order valence-electron chi connectivity index (χ3n) is 3.01. The Hall–Kier alpha value is -1.57. The predicted octanol–water partition coefficient (Wildman–Crippen LogP) is 3.09. The van der Waals surface area contributed by atoms with Crippen LogP contribution in [0.25, 0.3) is 16.7 Å². The molecule has 0 fully saturated rings. The van der Waals surface area contributed by atoms with E-state index in [-0.39, 0.29) is 0 Å². The van der Waals surface area contributed by atoms with Crippen molar-refractivity contribution < 1.29 is 0 Å². The second kappa shape index (κ2) is 2.96. The van der Waals surface area contributed by atoms with Crippen LogP contribution in [0.3, 0.4) is 0 Å². The van der Waals surface area contributed by atoms with E-state index in [0.717, 1.165) is 11.9 Å². The van der Waals surface area contributed by atoms with Gasteiger partial charge in [0, 0.05) is 12.1 Å². The summed E-state index contributed by atoms with van der Waals surface area (Å²) in [5.74, 6) is 1.80. The average Bonchev–Trinajstić information content (AvgIpc) is 2.54. The van der Waals surface area contributed by atoms with Crippen LogP contribution in [0, 0.1) is 5.92 Å². The third-order valence-corrected chi connectivity index (χ3v) is 3.01. The average molecular weight is 198 g/mol. The first-order valence-electron chi connectivity index (χ1n) is 5.41. The zero-order valence-electron chi connectivity index (χ0n) is 9.07. The van der Waals surface area contributed by atoms with Crippen LogP contribution in [0.4, 0.5) is 0 Å². The van der Waals surface area contributed by atoms with Crippen LogP contribution >= 0.6 is 0 Å². The van der Waals surface area contributed by atoms with Crippen molar-refractivity contribution in [3.05, 3.63) is 36.2 Å². The van der Waals surface area contributed by atoms with E-state index in [2.05, 4.69) is 47.7 Å². The second-order valence-corrected chi connectivity index (χ2v) is 4.34. The van der Waals surface area contributed by atoms with Crippen LogP contribution in [0.15, 0.2) is 30.3 Å². The van der Waals surface area contributed by atoms with Gasteiger partial charge in [-0.15, -0.1) is 0 Å². The lowest BCUT2D eigenvalue weighted by Crippen LogP contribution is -2.12. The molecule has 0 bridgehead atoms. The Morgan fingerprint density at radius 3 is 3.00 bits per heavy atom. The number of nitrogens with zero attached hydrogens (tertiary/aromatic N) is 2. The number of hydrogen-bond acceptors (Lipinski definition) is 1. The quantitative estimate of drug-likeness (QED) is 0.636. The summed E-state index contributed by atoms with van der Waals surface area (Å²) in [7, 11) is 0. The molecule has 3 rings (SSSR count). The van der Waals surface area contributed by atoms with Crippen molar-refractivity contribution in [1.82, 2.24) is 9.55 Å². The molecule has 2 heterocycles.